The second-order valence-electron chi connectivity index (χ2n) is 8.14. The van der Waals surface area contributed by atoms with Crippen molar-refractivity contribution in [2.24, 2.45) is 5.92 Å². The molecular formula is C22H30N4O3. The molecule has 1 aliphatic carbocycles. The predicted octanol–water partition coefficient (Wildman–Crippen LogP) is 2.80. The van der Waals surface area contributed by atoms with Crippen LogP contribution in [0.4, 0.5) is 0 Å². The number of carbonyl (C=O) groups is 2. The van der Waals surface area contributed by atoms with Gasteiger partial charge in [0, 0.05) is 44.7 Å². The van der Waals surface area contributed by atoms with Crippen LogP contribution in [0.2, 0.25) is 0 Å². The van der Waals surface area contributed by atoms with Crippen molar-refractivity contribution in [1.82, 2.24) is 15.2 Å². The van der Waals surface area contributed by atoms with Crippen LogP contribution >= 0.6 is 0 Å². The summed E-state index contributed by atoms with van der Waals surface area (Å²) in [5.74, 6) is 1.38. The molecule has 7 nitrogen and oxygen atoms in total. The van der Waals surface area contributed by atoms with Gasteiger partial charge in [0.05, 0.1) is 5.56 Å². The first kappa shape index (κ1) is 21.1. The average molecular weight is 399 g/mol. The summed E-state index contributed by atoms with van der Waals surface area (Å²) >= 11 is 0. The number of amides is 2. The SMILES string of the molecule is CC(=O)N1CCC(CCC(=O)NC2CCC(Oc3ccc(C#N)cn3)CC2)CC1. The lowest BCUT2D eigenvalue weighted by molar-refractivity contribution is -0.130. The molecule has 0 bridgehead atoms. The van der Waals surface area contributed by atoms with E-state index in [2.05, 4.69) is 10.3 Å². The van der Waals surface area contributed by atoms with E-state index in [9.17, 15) is 9.59 Å². The van der Waals surface area contributed by atoms with Gasteiger partial charge >= 0.3 is 0 Å². The van der Waals surface area contributed by atoms with E-state index in [1.165, 1.54) is 6.20 Å². The second-order valence-corrected chi connectivity index (χ2v) is 8.14. The number of hydrogen-bond acceptors (Lipinski definition) is 5. The Hall–Kier alpha value is -2.62. The van der Waals surface area contributed by atoms with Gasteiger partial charge in [-0.05, 0) is 56.9 Å². The van der Waals surface area contributed by atoms with Crippen molar-refractivity contribution in [3.63, 3.8) is 0 Å². The molecule has 0 aromatic carbocycles. The summed E-state index contributed by atoms with van der Waals surface area (Å²) in [4.78, 5) is 29.7. The molecule has 2 heterocycles. The lowest BCUT2D eigenvalue weighted by atomic mass is 9.91. The predicted molar refractivity (Wildman–Crippen MR) is 108 cm³/mol. The first-order valence-electron chi connectivity index (χ1n) is 10.6. The van der Waals surface area contributed by atoms with Crippen LogP contribution in [-0.2, 0) is 9.59 Å². The highest BCUT2D eigenvalue weighted by molar-refractivity contribution is 5.76. The number of hydrogen-bond donors (Lipinski definition) is 1. The smallest absolute Gasteiger partial charge is 0.220 e. The summed E-state index contributed by atoms with van der Waals surface area (Å²) in [6, 6.07) is 5.70. The monoisotopic (exact) mass is 398 g/mol. The summed E-state index contributed by atoms with van der Waals surface area (Å²) in [5, 5.41) is 12.0. The van der Waals surface area contributed by atoms with Crippen LogP contribution in [0.3, 0.4) is 0 Å². The second kappa shape index (κ2) is 10.2. The largest absolute Gasteiger partial charge is 0.474 e. The van der Waals surface area contributed by atoms with Gasteiger partial charge in [-0.15, -0.1) is 0 Å². The molecule has 156 valence electrons. The Labute approximate surface area is 172 Å². The Bertz CT molecular complexity index is 727. The van der Waals surface area contributed by atoms with Crippen LogP contribution in [0.25, 0.3) is 0 Å². The maximum atomic E-state index is 12.3. The zero-order valence-electron chi connectivity index (χ0n) is 17.1. The van der Waals surface area contributed by atoms with Gasteiger partial charge in [0.1, 0.15) is 12.2 Å². The topological polar surface area (TPSA) is 95.3 Å². The highest BCUT2D eigenvalue weighted by Crippen LogP contribution is 2.24. The van der Waals surface area contributed by atoms with E-state index in [1.807, 2.05) is 11.0 Å². The van der Waals surface area contributed by atoms with Crippen molar-refractivity contribution in [2.75, 3.05) is 13.1 Å². The molecular weight excluding hydrogens is 368 g/mol. The normalized spacial score (nSPS) is 22.6. The van der Waals surface area contributed by atoms with Gasteiger partial charge in [-0.25, -0.2) is 4.98 Å². The van der Waals surface area contributed by atoms with Gasteiger partial charge < -0.3 is 15.0 Å². The first-order valence-corrected chi connectivity index (χ1v) is 10.6. The molecule has 1 aromatic rings. The maximum Gasteiger partial charge on any atom is 0.220 e. The lowest BCUT2D eigenvalue weighted by Crippen LogP contribution is -2.40. The summed E-state index contributed by atoms with van der Waals surface area (Å²) < 4.78 is 5.90. The number of nitriles is 1. The van der Waals surface area contributed by atoms with Crippen LogP contribution in [0.5, 0.6) is 5.88 Å². The molecule has 3 rings (SSSR count). The standard InChI is InChI=1S/C22H30N4O3/c1-16(27)26-12-10-17(11-13-26)2-8-21(28)25-19-4-6-20(7-5-19)29-22-9-3-18(14-23)15-24-22/h3,9,15,17,19-20H,2,4-8,10-13H2,1H3,(H,25,28). The van der Waals surface area contributed by atoms with E-state index in [1.54, 1.807) is 19.1 Å². The Morgan fingerprint density at radius 2 is 1.93 bits per heavy atom. The minimum Gasteiger partial charge on any atom is -0.474 e. The number of carbonyl (C=O) groups excluding carboxylic acids is 2. The first-order chi connectivity index (χ1) is 14.0. The van der Waals surface area contributed by atoms with Crippen LogP contribution < -0.4 is 10.1 Å². The van der Waals surface area contributed by atoms with E-state index < -0.39 is 0 Å². The Kier molecular flexibility index (Phi) is 7.45. The molecule has 2 aliphatic rings. The Morgan fingerprint density at radius 1 is 1.21 bits per heavy atom. The minimum absolute atomic E-state index is 0.107. The highest BCUT2D eigenvalue weighted by Gasteiger charge is 2.25. The summed E-state index contributed by atoms with van der Waals surface area (Å²) in [6.07, 6.45) is 8.67. The molecule has 0 unspecified atom stereocenters. The molecule has 2 amide bonds. The number of rotatable bonds is 6. The number of aromatic nitrogens is 1. The van der Waals surface area contributed by atoms with E-state index in [-0.39, 0.29) is 24.0 Å². The fraction of sp³-hybridized carbons (Fsp3) is 0.636. The molecule has 1 N–H and O–H groups in total. The number of nitrogens with zero attached hydrogens (tertiary/aromatic N) is 3. The minimum atomic E-state index is 0.107. The van der Waals surface area contributed by atoms with Crippen molar-refractivity contribution < 1.29 is 14.3 Å². The van der Waals surface area contributed by atoms with Crippen LogP contribution in [0.15, 0.2) is 18.3 Å². The van der Waals surface area contributed by atoms with Crippen LogP contribution in [0, 0.1) is 17.2 Å². The van der Waals surface area contributed by atoms with Gasteiger partial charge in [-0.2, -0.15) is 5.26 Å². The summed E-state index contributed by atoms with van der Waals surface area (Å²) in [6.45, 7) is 3.26. The van der Waals surface area contributed by atoms with Gasteiger partial charge in [-0.1, -0.05) is 0 Å². The number of pyridine rings is 1. The molecule has 0 atom stereocenters. The van der Waals surface area contributed by atoms with E-state index >= 15 is 0 Å². The van der Waals surface area contributed by atoms with Gasteiger partial charge in [0.2, 0.25) is 17.7 Å². The zero-order chi connectivity index (χ0) is 20.6. The summed E-state index contributed by atoms with van der Waals surface area (Å²) in [5.41, 5.74) is 0.521. The third-order valence-corrected chi connectivity index (χ3v) is 6.03. The van der Waals surface area contributed by atoms with E-state index in [4.69, 9.17) is 10.00 Å². The third kappa shape index (κ3) is 6.45. The average Bonchev–Trinajstić information content (AvgIpc) is 2.74. The fourth-order valence-electron chi connectivity index (χ4n) is 4.18. The van der Waals surface area contributed by atoms with Crippen molar-refractivity contribution >= 4 is 11.8 Å². The molecule has 0 spiro atoms. The van der Waals surface area contributed by atoms with Crippen LogP contribution in [-0.4, -0.2) is 46.9 Å². The van der Waals surface area contributed by atoms with Crippen molar-refractivity contribution in [3.8, 4) is 11.9 Å². The van der Waals surface area contributed by atoms with Crippen molar-refractivity contribution in [2.45, 2.75) is 70.4 Å². The summed E-state index contributed by atoms with van der Waals surface area (Å²) in [7, 11) is 0. The number of piperidine rings is 1. The van der Waals surface area contributed by atoms with Gasteiger partial charge in [0.15, 0.2) is 0 Å². The van der Waals surface area contributed by atoms with Crippen molar-refractivity contribution in [1.29, 1.82) is 5.26 Å². The fourth-order valence-corrected chi connectivity index (χ4v) is 4.18. The molecule has 7 heteroatoms. The quantitative estimate of drug-likeness (QED) is 0.795. The molecule has 2 fully saturated rings. The number of likely N-dealkylation sites (tertiary alicyclic amines) is 1. The third-order valence-electron chi connectivity index (χ3n) is 6.03. The molecule has 1 aliphatic heterocycles. The molecule has 29 heavy (non-hydrogen) atoms. The highest BCUT2D eigenvalue weighted by atomic mass is 16.5. The van der Waals surface area contributed by atoms with Gasteiger partial charge in [-0.3, -0.25) is 9.59 Å². The number of ether oxygens (including phenoxy) is 1. The van der Waals surface area contributed by atoms with Gasteiger partial charge in [0.25, 0.3) is 0 Å². The van der Waals surface area contributed by atoms with E-state index in [0.717, 1.165) is 58.0 Å². The Morgan fingerprint density at radius 3 is 2.52 bits per heavy atom. The van der Waals surface area contributed by atoms with E-state index in [0.29, 0.717) is 23.8 Å². The lowest BCUT2D eigenvalue weighted by Gasteiger charge is -2.31. The zero-order valence-corrected chi connectivity index (χ0v) is 17.1. The maximum absolute atomic E-state index is 12.3. The number of nitrogens with one attached hydrogen (secondary N) is 1. The van der Waals surface area contributed by atoms with Crippen molar-refractivity contribution in [3.05, 3.63) is 23.9 Å². The molecule has 1 saturated heterocycles. The molecule has 1 saturated carbocycles. The molecule has 1 aromatic heterocycles. The Balaban J connectivity index is 1.31. The van der Waals surface area contributed by atoms with Crippen LogP contribution in [0.1, 0.15) is 63.9 Å². The molecule has 0 radical (unpaired) electrons.